The van der Waals surface area contributed by atoms with Crippen molar-refractivity contribution in [3.05, 3.63) is 72.5 Å². The van der Waals surface area contributed by atoms with Gasteiger partial charge in [-0.15, -0.1) is 0 Å². The Bertz CT molecular complexity index is 360. The standard InChI is InChI=1S/C14H16O/c1-4-12(3)14(5-2)15-11-13-9-7-6-8-10-13/h4-10H,1-2,11H2,3H3/b14-12-. The molecule has 0 heterocycles. The van der Waals surface area contributed by atoms with E-state index in [9.17, 15) is 0 Å². The van der Waals surface area contributed by atoms with E-state index < -0.39 is 0 Å². The molecule has 0 aliphatic heterocycles. The van der Waals surface area contributed by atoms with Gasteiger partial charge < -0.3 is 4.74 Å². The molecule has 0 N–H and O–H groups in total. The Hall–Kier alpha value is -1.76. The molecular weight excluding hydrogens is 184 g/mol. The maximum absolute atomic E-state index is 5.62. The van der Waals surface area contributed by atoms with Gasteiger partial charge in [0.05, 0.1) is 0 Å². The fraction of sp³-hybridized carbons (Fsp3) is 0.143. The Morgan fingerprint density at radius 1 is 1.20 bits per heavy atom. The second-order valence-corrected chi connectivity index (χ2v) is 3.23. The van der Waals surface area contributed by atoms with Crippen LogP contribution in [-0.2, 0) is 11.3 Å². The lowest BCUT2D eigenvalue weighted by Crippen LogP contribution is -1.93. The summed E-state index contributed by atoms with van der Waals surface area (Å²) in [6.45, 7) is 9.93. The molecule has 0 aliphatic carbocycles. The van der Waals surface area contributed by atoms with Gasteiger partial charge in [0.15, 0.2) is 0 Å². The summed E-state index contributed by atoms with van der Waals surface area (Å²) in [6, 6.07) is 10.0. The molecule has 1 nitrogen and oxygen atoms in total. The van der Waals surface area contributed by atoms with Crippen LogP contribution in [0.1, 0.15) is 12.5 Å². The summed E-state index contributed by atoms with van der Waals surface area (Å²) in [5.74, 6) is 0.786. The number of hydrogen-bond acceptors (Lipinski definition) is 1. The Labute approximate surface area is 91.4 Å². The Balaban J connectivity index is 2.64. The smallest absolute Gasteiger partial charge is 0.122 e. The zero-order valence-corrected chi connectivity index (χ0v) is 9.07. The minimum absolute atomic E-state index is 0.563. The molecule has 0 fully saturated rings. The van der Waals surface area contributed by atoms with Crippen molar-refractivity contribution in [3.63, 3.8) is 0 Å². The molecular formula is C14H16O. The van der Waals surface area contributed by atoms with Gasteiger partial charge in [0.2, 0.25) is 0 Å². The number of allylic oxidation sites excluding steroid dienone is 3. The molecule has 1 aromatic carbocycles. The first kappa shape index (κ1) is 11.3. The summed E-state index contributed by atoms with van der Waals surface area (Å²) >= 11 is 0. The normalized spacial score (nSPS) is 11.5. The molecule has 0 radical (unpaired) electrons. The molecule has 15 heavy (non-hydrogen) atoms. The summed E-state index contributed by atoms with van der Waals surface area (Å²) in [4.78, 5) is 0. The van der Waals surface area contributed by atoms with E-state index in [0.717, 1.165) is 16.9 Å². The maximum Gasteiger partial charge on any atom is 0.122 e. The molecule has 0 aliphatic rings. The lowest BCUT2D eigenvalue weighted by molar-refractivity contribution is 0.209. The van der Waals surface area contributed by atoms with Gasteiger partial charge in [-0.3, -0.25) is 0 Å². The summed E-state index contributed by atoms with van der Waals surface area (Å²) in [6.07, 6.45) is 3.47. The molecule has 0 bridgehead atoms. The first-order chi connectivity index (χ1) is 7.27. The number of rotatable bonds is 5. The first-order valence-electron chi connectivity index (χ1n) is 4.90. The van der Waals surface area contributed by atoms with E-state index in [1.54, 1.807) is 12.2 Å². The van der Waals surface area contributed by atoms with Crippen molar-refractivity contribution in [1.29, 1.82) is 0 Å². The monoisotopic (exact) mass is 200 g/mol. The van der Waals surface area contributed by atoms with Gasteiger partial charge in [-0.2, -0.15) is 0 Å². The van der Waals surface area contributed by atoms with Crippen LogP contribution >= 0.6 is 0 Å². The Kier molecular flexibility index (Phi) is 4.42. The van der Waals surface area contributed by atoms with E-state index in [-0.39, 0.29) is 0 Å². The molecule has 78 valence electrons. The van der Waals surface area contributed by atoms with Crippen molar-refractivity contribution in [1.82, 2.24) is 0 Å². The molecule has 0 aromatic heterocycles. The van der Waals surface area contributed by atoms with Crippen LogP contribution in [0, 0.1) is 0 Å². The highest BCUT2D eigenvalue weighted by atomic mass is 16.5. The minimum Gasteiger partial charge on any atom is -0.489 e. The van der Waals surface area contributed by atoms with Crippen molar-refractivity contribution in [2.75, 3.05) is 0 Å². The predicted octanol–water partition coefficient (Wildman–Crippen LogP) is 3.85. The summed E-state index contributed by atoms with van der Waals surface area (Å²) in [5, 5.41) is 0. The van der Waals surface area contributed by atoms with Crippen LogP contribution in [0.2, 0.25) is 0 Å². The van der Waals surface area contributed by atoms with Gasteiger partial charge in [0.25, 0.3) is 0 Å². The van der Waals surface area contributed by atoms with E-state index in [0.29, 0.717) is 6.61 Å². The van der Waals surface area contributed by atoms with Crippen LogP contribution < -0.4 is 0 Å². The quantitative estimate of drug-likeness (QED) is 0.518. The fourth-order valence-corrected chi connectivity index (χ4v) is 1.17. The fourth-order valence-electron chi connectivity index (χ4n) is 1.17. The topological polar surface area (TPSA) is 9.23 Å². The molecule has 0 atom stereocenters. The average Bonchev–Trinajstić information content (AvgIpc) is 2.31. The van der Waals surface area contributed by atoms with Crippen LogP contribution in [0.3, 0.4) is 0 Å². The van der Waals surface area contributed by atoms with Crippen molar-refractivity contribution < 1.29 is 4.74 Å². The van der Waals surface area contributed by atoms with E-state index >= 15 is 0 Å². The SMILES string of the molecule is C=C/C(C)=C(/C=C)OCc1ccccc1. The van der Waals surface area contributed by atoms with Crippen LogP contribution in [-0.4, -0.2) is 0 Å². The highest BCUT2D eigenvalue weighted by Gasteiger charge is 1.97. The first-order valence-corrected chi connectivity index (χ1v) is 4.90. The predicted molar refractivity (Wildman–Crippen MR) is 64.3 cm³/mol. The minimum atomic E-state index is 0.563. The van der Waals surface area contributed by atoms with Gasteiger partial charge in [0.1, 0.15) is 12.4 Å². The summed E-state index contributed by atoms with van der Waals surface area (Å²) < 4.78 is 5.62. The number of ether oxygens (including phenoxy) is 1. The molecule has 0 spiro atoms. The average molecular weight is 200 g/mol. The highest BCUT2D eigenvalue weighted by Crippen LogP contribution is 2.11. The van der Waals surface area contributed by atoms with Crippen LogP contribution in [0.4, 0.5) is 0 Å². The second kappa shape index (κ2) is 5.86. The third kappa shape index (κ3) is 3.47. The summed E-state index contributed by atoms with van der Waals surface area (Å²) in [5.41, 5.74) is 2.15. The molecule has 1 aromatic rings. The van der Waals surface area contributed by atoms with Crippen LogP contribution in [0.5, 0.6) is 0 Å². The van der Waals surface area contributed by atoms with Crippen LogP contribution in [0.25, 0.3) is 0 Å². The van der Waals surface area contributed by atoms with Gasteiger partial charge in [-0.05, 0) is 24.1 Å². The second-order valence-electron chi connectivity index (χ2n) is 3.23. The largest absolute Gasteiger partial charge is 0.489 e. The van der Waals surface area contributed by atoms with Crippen LogP contribution in [0.15, 0.2) is 67.0 Å². The van der Waals surface area contributed by atoms with E-state index in [1.807, 2.05) is 37.3 Å². The van der Waals surface area contributed by atoms with Gasteiger partial charge in [0, 0.05) is 0 Å². The molecule has 0 saturated heterocycles. The molecule has 0 unspecified atom stereocenters. The number of hydrogen-bond donors (Lipinski definition) is 0. The highest BCUT2D eigenvalue weighted by molar-refractivity contribution is 5.25. The molecule has 0 saturated carbocycles. The lowest BCUT2D eigenvalue weighted by atomic mass is 10.2. The van der Waals surface area contributed by atoms with Gasteiger partial charge >= 0.3 is 0 Å². The Morgan fingerprint density at radius 2 is 1.87 bits per heavy atom. The van der Waals surface area contributed by atoms with Crippen molar-refractivity contribution in [2.24, 2.45) is 0 Å². The third-order valence-electron chi connectivity index (χ3n) is 2.12. The van der Waals surface area contributed by atoms with E-state index in [1.165, 1.54) is 0 Å². The zero-order valence-electron chi connectivity index (χ0n) is 9.07. The third-order valence-corrected chi connectivity index (χ3v) is 2.12. The van der Waals surface area contributed by atoms with Gasteiger partial charge in [-0.25, -0.2) is 0 Å². The lowest BCUT2D eigenvalue weighted by Gasteiger charge is -2.08. The summed E-state index contributed by atoms with van der Waals surface area (Å²) in [7, 11) is 0. The molecule has 1 heteroatoms. The van der Waals surface area contributed by atoms with E-state index in [4.69, 9.17) is 4.74 Å². The Morgan fingerprint density at radius 3 is 2.40 bits per heavy atom. The maximum atomic E-state index is 5.62. The molecule has 1 rings (SSSR count). The van der Waals surface area contributed by atoms with Gasteiger partial charge in [-0.1, -0.05) is 49.6 Å². The van der Waals surface area contributed by atoms with Crippen molar-refractivity contribution in [2.45, 2.75) is 13.5 Å². The zero-order chi connectivity index (χ0) is 11.1. The number of benzene rings is 1. The van der Waals surface area contributed by atoms with Crippen molar-refractivity contribution in [3.8, 4) is 0 Å². The van der Waals surface area contributed by atoms with E-state index in [2.05, 4.69) is 13.2 Å². The van der Waals surface area contributed by atoms with Crippen molar-refractivity contribution >= 4 is 0 Å². The molecule has 0 amide bonds.